The van der Waals surface area contributed by atoms with Crippen molar-refractivity contribution in [1.82, 2.24) is 29.0 Å². The maximum atomic E-state index is 12.1. The fraction of sp³-hybridized carbons (Fsp3) is 0.375. The number of amides is 1. The van der Waals surface area contributed by atoms with Crippen LogP contribution < -0.4 is 11.0 Å². The molecule has 1 unspecified atom stereocenters. The van der Waals surface area contributed by atoms with Crippen molar-refractivity contribution in [3.05, 3.63) is 53.6 Å². The standard InChI is InChI=1S/C16H20N6O2/c1-13(11-20-9-6-17-12-20)10-18-15(23)5-8-22-16(24)21-7-3-2-4-14(21)19-22/h2-4,6-7,9,12-13H,5,8,10-11H2,1H3,(H,18,23). The van der Waals surface area contributed by atoms with E-state index >= 15 is 0 Å². The largest absolute Gasteiger partial charge is 0.356 e. The third-order valence-corrected chi connectivity index (χ3v) is 3.77. The van der Waals surface area contributed by atoms with E-state index in [1.807, 2.05) is 16.8 Å². The van der Waals surface area contributed by atoms with Crippen LogP contribution in [0.25, 0.3) is 5.65 Å². The predicted octanol–water partition coefficient (Wildman–Crippen LogP) is 0.535. The molecule has 0 saturated heterocycles. The summed E-state index contributed by atoms with van der Waals surface area (Å²) in [5, 5.41) is 7.10. The molecule has 24 heavy (non-hydrogen) atoms. The first-order valence-electron chi connectivity index (χ1n) is 7.90. The van der Waals surface area contributed by atoms with Crippen LogP contribution >= 0.6 is 0 Å². The molecule has 3 aromatic rings. The maximum Gasteiger partial charge on any atom is 0.350 e. The highest BCUT2D eigenvalue weighted by Crippen LogP contribution is 1.99. The number of nitrogens with zero attached hydrogens (tertiary/aromatic N) is 5. The van der Waals surface area contributed by atoms with Crippen LogP contribution in [0.5, 0.6) is 0 Å². The molecule has 0 radical (unpaired) electrons. The van der Waals surface area contributed by atoms with Gasteiger partial charge in [0.15, 0.2) is 5.65 Å². The molecule has 0 spiro atoms. The van der Waals surface area contributed by atoms with Crippen LogP contribution in [0.3, 0.4) is 0 Å². The van der Waals surface area contributed by atoms with E-state index in [1.54, 1.807) is 30.9 Å². The fourth-order valence-electron chi connectivity index (χ4n) is 2.52. The van der Waals surface area contributed by atoms with Crippen LogP contribution in [0.15, 0.2) is 47.9 Å². The van der Waals surface area contributed by atoms with Crippen LogP contribution in [0.4, 0.5) is 0 Å². The minimum absolute atomic E-state index is 0.0866. The van der Waals surface area contributed by atoms with E-state index in [0.717, 1.165) is 6.54 Å². The Morgan fingerprint density at radius 1 is 1.33 bits per heavy atom. The summed E-state index contributed by atoms with van der Waals surface area (Å²) in [7, 11) is 0. The molecular formula is C16H20N6O2. The Morgan fingerprint density at radius 3 is 2.96 bits per heavy atom. The zero-order valence-corrected chi connectivity index (χ0v) is 13.5. The Bertz CT molecular complexity index is 864. The number of hydrogen-bond donors (Lipinski definition) is 1. The van der Waals surface area contributed by atoms with Gasteiger partial charge in [-0.05, 0) is 18.1 Å². The highest BCUT2D eigenvalue weighted by Gasteiger charge is 2.10. The fourth-order valence-corrected chi connectivity index (χ4v) is 2.52. The molecule has 8 heteroatoms. The molecular weight excluding hydrogens is 308 g/mol. The lowest BCUT2D eigenvalue weighted by Crippen LogP contribution is -2.31. The van der Waals surface area contributed by atoms with E-state index in [1.165, 1.54) is 9.08 Å². The van der Waals surface area contributed by atoms with Crippen molar-refractivity contribution in [2.24, 2.45) is 5.92 Å². The molecule has 1 amide bonds. The van der Waals surface area contributed by atoms with Crippen molar-refractivity contribution in [2.45, 2.75) is 26.4 Å². The molecule has 0 aromatic carbocycles. The van der Waals surface area contributed by atoms with Crippen molar-refractivity contribution in [1.29, 1.82) is 0 Å². The lowest BCUT2D eigenvalue weighted by molar-refractivity contribution is -0.121. The number of carbonyl (C=O) groups excluding carboxylic acids is 1. The van der Waals surface area contributed by atoms with Gasteiger partial charge in [0.2, 0.25) is 5.91 Å². The Kier molecular flexibility index (Phi) is 4.74. The van der Waals surface area contributed by atoms with Crippen molar-refractivity contribution in [3.8, 4) is 0 Å². The lowest BCUT2D eigenvalue weighted by Gasteiger charge is -2.13. The van der Waals surface area contributed by atoms with Crippen LogP contribution in [-0.4, -0.2) is 36.2 Å². The van der Waals surface area contributed by atoms with E-state index in [2.05, 4.69) is 22.3 Å². The normalized spacial score (nSPS) is 12.4. The van der Waals surface area contributed by atoms with Crippen LogP contribution in [0.1, 0.15) is 13.3 Å². The zero-order valence-electron chi connectivity index (χ0n) is 13.5. The summed E-state index contributed by atoms with van der Waals surface area (Å²) in [6.45, 7) is 3.71. The number of nitrogens with one attached hydrogen (secondary N) is 1. The first-order valence-corrected chi connectivity index (χ1v) is 7.90. The predicted molar refractivity (Wildman–Crippen MR) is 88.5 cm³/mol. The topological polar surface area (TPSA) is 86.2 Å². The van der Waals surface area contributed by atoms with E-state index in [-0.39, 0.29) is 24.6 Å². The van der Waals surface area contributed by atoms with Gasteiger partial charge in [0.1, 0.15) is 0 Å². The Balaban J connectivity index is 1.48. The van der Waals surface area contributed by atoms with E-state index in [0.29, 0.717) is 18.1 Å². The molecule has 8 nitrogen and oxygen atoms in total. The molecule has 0 fully saturated rings. The molecule has 126 valence electrons. The molecule has 3 heterocycles. The highest BCUT2D eigenvalue weighted by atomic mass is 16.2. The van der Waals surface area contributed by atoms with Crippen molar-refractivity contribution >= 4 is 11.6 Å². The van der Waals surface area contributed by atoms with Gasteiger partial charge in [-0.1, -0.05) is 13.0 Å². The van der Waals surface area contributed by atoms with Gasteiger partial charge in [0.05, 0.1) is 12.9 Å². The number of carbonyl (C=O) groups is 1. The van der Waals surface area contributed by atoms with Crippen LogP contribution in [0, 0.1) is 5.92 Å². The Labute approximate surface area is 138 Å². The highest BCUT2D eigenvalue weighted by molar-refractivity contribution is 5.75. The summed E-state index contributed by atoms with van der Waals surface area (Å²) >= 11 is 0. The van der Waals surface area contributed by atoms with Gasteiger partial charge in [-0.3, -0.25) is 9.20 Å². The molecule has 0 aliphatic carbocycles. The number of pyridine rings is 1. The second-order valence-corrected chi connectivity index (χ2v) is 5.85. The average molecular weight is 328 g/mol. The van der Waals surface area contributed by atoms with Gasteiger partial charge >= 0.3 is 5.69 Å². The molecule has 3 rings (SSSR count). The SMILES string of the molecule is CC(CNC(=O)CCn1nc2ccccn2c1=O)Cn1ccnc1. The number of aromatic nitrogens is 5. The molecule has 0 bridgehead atoms. The number of fused-ring (bicyclic) bond motifs is 1. The average Bonchev–Trinajstić information content (AvgIpc) is 3.19. The van der Waals surface area contributed by atoms with E-state index < -0.39 is 0 Å². The smallest absolute Gasteiger partial charge is 0.350 e. The third kappa shape index (κ3) is 3.70. The molecule has 3 aromatic heterocycles. The van der Waals surface area contributed by atoms with Crippen molar-refractivity contribution < 1.29 is 4.79 Å². The lowest BCUT2D eigenvalue weighted by atomic mass is 10.2. The van der Waals surface area contributed by atoms with Gasteiger partial charge in [0.25, 0.3) is 0 Å². The second kappa shape index (κ2) is 7.12. The number of rotatable bonds is 7. The summed E-state index contributed by atoms with van der Waals surface area (Å²) < 4.78 is 4.77. The minimum atomic E-state index is -0.230. The number of hydrogen-bond acceptors (Lipinski definition) is 4. The minimum Gasteiger partial charge on any atom is -0.356 e. The molecule has 0 aliphatic heterocycles. The van der Waals surface area contributed by atoms with Gasteiger partial charge in [-0.15, -0.1) is 5.10 Å². The number of aryl methyl sites for hydroxylation is 1. The third-order valence-electron chi connectivity index (χ3n) is 3.77. The maximum absolute atomic E-state index is 12.1. The van der Waals surface area contributed by atoms with Crippen molar-refractivity contribution in [2.75, 3.05) is 6.54 Å². The Morgan fingerprint density at radius 2 is 2.21 bits per heavy atom. The molecule has 1 N–H and O–H groups in total. The van der Waals surface area contributed by atoms with E-state index in [9.17, 15) is 9.59 Å². The summed E-state index contributed by atoms with van der Waals surface area (Å²) in [5.41, 5.74) is 0.351. The van der Waals surface area contributed by atoms with Gasteiger partial charge in [-0.2, -0.15) is 0 Å². The zero-order chi connectivity index (χ0) is 16.9. The monoisotopic (exact) mass is 328 g/mol. The van der Waals surface area contributed by atoms with Gasteiger partial charge in [0, 0.05) is 38.1 Å². The molecule has 0 aliphatic rings. The number of imidazole rings is 1. The summed E-state index contributed by atoms with van der Waals surface area (Å²) in [6, 6.07) is 5.35. The summed E-state index contributed by atoms with van der Waals surface area (Å²) in [6.07, 6.45) is 7.28. The summed E-state index contributed by atoms with van der Waals surface area (Å²) in [5.74, 6) is 0.206. The van der Waals surface area contributed by atoms with Crippen LogP contribution in [-0.2, 0) is 17.9 Å². The molecule has 1 atom stereocenters. The molecule has 0 saturated carbocycles. The summed E-state index contributed by atoms with van der Waals surface area (Å²) in [4.78, 5) is 28.1. The Hall–Kier alpha value is -2.90. The van der Waals surface area contributed by atoms with Gasteiger partial charge < -0.3 is 9.88 Å². The second-order valence-electron chi connectivity index (χ2n) is 5.85. The van der Waals surface area contributed by atoms with E-state index in [4.69, 9.17) is 0 Å². The first-order chi connectivity index (χ1) is 11.6. The van der Waals surface area contributed by atoms with Crippen molar-refractivity contribution in [3.63, 3.8) is 0 Å². The van der Waals surface area contributed by atoms with Crippen LogP contribution in [0.2, 0.25) is 0 Å². The van der Waals surface area contributed by atoms with Gasteiger partial charge in [-0.25, -0.2) is 14.5 Å². The first kappa shape index (κ1) is 16.0. The quantitative estimate of drug-likeness (QED) is 0.686.